The van der Waals surface area contributed by atoms with Crippen molar-refractivity contribution >= 4 is 9.24 Å². The molecule has 0 radical (unpaired) electrons. The molecule has 62 valence electrons. The first kappa shape index (κ1) is 10.3. The van der Waals surface area contributed by atoms with Crippen molar-refractivity contribution in [2.45, 2.75) is 31.3 Å². The summed E-state index contributed by atoms with van der Waals surface area (Å²) in [4.78, 5) is 0. The quantitative estimate of drug-likeness (QED) is 0.565. The Morgan fingerprint density at radius 3 is 1.70 bits per heavy atom. The first-order valence-electron chi connectivity index (χ1n) is 3.97. The molecular formula is C7H19N2P. The highest BCUT2D eigenvalue weighted by Crippen LogP contribution is 2.13. The molecule has 0 aliphatic heterocycles. The highest BCUT2D eigenvalue weighted by Gasteiger charge is 1.99. The van der Waals surface area contributed by atoms with Crippen molar-refractivity contribution in [2.24, 2.45) is 11.5 Å². The van der Waals surface area contributed by atoms with E-state index in [4.69, 9.17) is 11.5 Å². The van der Waals surface area contributed by atoms with Crippen LogP contribution in [-0.4, -0.2) is 18.7 Å². The van der Waals surface area contributed by atoms with Crippen LogP contribution in [0.25, 0.3) is 0 Å². The molecule has 0 aromatic rings. The molecule has 1 unspecified atom stereocenters. The van der Waals surface area contributed by atoms with Crippen molar-refractivity contribution in [3.05, 3.63) is 0 Å². The maximum Gasteiger partial charge on any atom is -0.00771 e. The molecule has 1 atom stereocenters. The first-order valence-corrected chi connectivity index (χ1v) is 4.63. The molecule has 0 rings (SSSR count). The molecule has 0 saturated heterocycles. The van der Waals surface area contributed by atoms with Gasteiger partial charge in [-0.05, 0) is 44.4 Å². The van der Waals surface area contributed by atoms with Crippen molar-refractivity contribution in [1.82, 2.24) is 0 Å². The lowest BCUT2D eigenvalue weighted by Crippen LogP contribution is -2.07. The monoisotopic (exact) mass is 162 g/mol. The molecule has 4 N–H and O–H groups in total. The fourth-order valence-electron chi connectivity index (χ4n) is 0.904. The Bertz CT molecular complexity index is 60.6. The summed E-state index contributed by atoms with van der Waals surface area (Å²) < 4.78 is 0. The Hall–Kier alpha value is 0.350. The summed E-state index contributed by atoms with van der Waals surface area (Å²) in [6.45, 7) is 1.63. The van der Waals surface area contributed by atoms with Gasteiger partial charge in [-0.15, -0.1) is 9.24 Å². The Kier molecular flexibility index (Phi) is 7.72. The smallest absolute Gasteiger partial charge is 0.00771 e. The highest BCUT2D eigenvalue weighted by molar-refractivity contribution is 7.17. The Morgan fingerprint density at radius 1 is 1.00 bits per heavy atom. The van der Waals surface area contributed by atoms with Gasteiger partial charge in [0, 0.05) is 0 Å². The normalized spacial score (nSPS) is 10.8. The second kappa shape index (κ2) is 7.46. The zero-order valence-electron chi connectivity index (χ0n) is 6.55. The topological polar surface area (TPSA) is 52.0 Å². The van der Waals surface area contributed by atoms with E-state index >= 15 is 0 Å². The van der Waals surface area contributed by atoms with Gasteiger partial charge in [0.1, 0.15) is 0 Å². The summed E-state index contributed by atoms with van der Waals surface area (Å²) in [5, 5.41) is 0. The van der Waals surface area contributed by atoms with Gasteiger partial charge in [0.15, 0.2) is 0 Å². The molecule has 0 saturated carbocycles. The van der Waals surface area contributed by atoms with Gasteiger partial charge in [-0.3, -0.25) is 0 Å². The molecule has 2 nitrogen and oxygen atoms in total. The van der Waals surface area contributed by atoms with Gasteiger partial charge >= 0.3 is 0 Å². The minimum absolute atomic E-state index is 0.729. The number of rotatable bonds is 6. The average molecular weight is 162 g/mol. The predicted molar refractivity (Wildman–Crippen MR) is 50.1 cm³/mol. The lowest BCUT2D eigenvalue weighted by molar-refractivity contribution is 0.637. The van der Waals surface area contributed by atoms with E-state index in [0.717, 1.165) is 31.6 Å². The van der Waals surface area contributed by atoms with E-state index in [0.29, 0.717) is 0 Å². The number of hydrogen-bond acceptors (Lipinski definition) is 2. The van der Waals surface area contributed by atoms with Crippen molar-refractivity contribution in [3.8, 4) is 0 Å². The zero-order valence-corrected chi connectivity index (χ0v) is 7.71. The Balaban J connectivity index is 3.00. The summed E-state index contributed by atoms with van der Waals surface area (Å²) in [7, 11) is 2.85. The van der Waals surface area contributed by atoms with Gasteiger partial charge in [-0.25, -0.2) is 0 Å². The molecule has 0 aliphatic carbocycles. The van der Waals surface area contributed by atoms with E-state index in [1.54, 1.807) is 0 Å². The second-order valence-electron chi connectivity index (χ2n) is 2.62. The van der Waals surface area contributed by atoms with Crippen LogP contribution in [0.3, 0.4) is 0 Å². The zero-order chi connectivity index (χ0) is 7.82. The maximum atomic E-state index is 5.37. The van der Waals surface area contributed by atoms with Crippen LogP contribution in [-0.2, 0) is 0 Å². The standard InChI is InChI=1S/C7H19N2P/c8-5-1-3-7(10)4-2-6-9/h7H,1-6,8-10H2. The van der Waals surface area contributed by atoms with Crippen LogP contribution in [0, 0.1) is 0 Å². The largest absolute Gasteiger partial charge is 0.330 e. The van der Waals surface area contributed by atoms with Crippen LogP contribution in [0.4, 0.5) is 0 Å². The fourth-order valence-corrected chi connectivity index (χ4v) is 1.38. The summed E-state index contributed by atoms with van der Waals surface area (Å²) in [5.41, 5.74) is 11.5. The average Bonchev–Trinajstić information content (AvgIpc) is 1.97. The molecule has 0 aliphatic rings. The first-order chi connectivity index (χ1) is 4.81. The molecule has 10 heavy (non-hydrogen) atoms. The fraction of sp³-hybridized carbons (Fsp3) is 1.00. The molecule has 3 heteroatoms. The lowest BCUT2D eigenvalue weighted by Gasteiger charge is -2.08. The van der Waals surface area contributed by atoms with Crippen molar-refractivity contribution in [3.63, 3.8) is 0 Å². The van der Waals surface area contributed by atoms with Crippen LogP contribution < -0.4 is 11.5 Å². The van der Waals surface area contributed by atoms with Crippen LogP contribution >= 0.6 is 9.24 Å². The number of hydrogen-bond donors (Lipinski definition) is 2. The van der Waals surface area contributed by atoms with Crippen LogP contribution in [0.1, 0.15) is 25.7 Å². The van der Waals surface area contributed by atoms with E-state index in [1.165, 1.54) is 12.8 Å². The SMILES string of the molecule is NCCCC(P)CCCN. The third kappa shape index (κ3) is 6.47. The van der Waals surface area contributed by atoms with E-state index in [9.17, 15) is 0 Å². The third-order valence-electron chi connectivity index (χ3n) is 1.56. The third-order valence-corrected chi connectivity index (χ3v) is 2.22. The lowest BCUT2D eigenvalue weighted by atomic mass is 10.1. The van der Waals surface area contributed by atoms with Crippen molar-refractivity contribution < 1.29 is 0 Å². The van der Waals surface area contributed by atoms with E-state index in [2.05, 4.69) is 9.24 Å². The van der Waals surface area contributed by atoms with E-state index in [1.807, 2.05) is 0 Å². The summed E-state index contributed by atoms with van der Waals surface area (Å²) in [5.74, 6) is 0. The van der Waals surface area contributed by atoms with Gasteiger partial charge in [-0.1, -0.05) is 0 Å². The molecular weight excluding hydrogens is 143 g/mol. The Labute approximate surface area is 65.9 Å². The van der Waals surface area contributed by atoms with E-state index in [-0.39, 0.29) is 0 Å². The second-order valence-corrected chi connectivity index (χ2v) is 3.56. The summed E-state index contributed by atoms with van der Waals surface area (Å²) >= 11 is 0. The highest BCUT2D eigenvalue weighted by atomic mass is 31.0. The predicted octanol–water partition coefficient (Wildman–Crippen LogP) is 0.708. The van der Waals surface area contributed by atoms with Crippen LogP contribution in [0.15, 0.2) is 0 Å². The van der Waals surface area contributed by atoms with Crippen LogP contribution in [0.5, 0.6) is 0 Å². The summed E-state index contributed by atoms with van der Waals surface area (Å²) in [6, 6.07) is 0. The van der Waals surface area contributed by atoms with Gasteiger partial charge in [0.05, 0.1) is 0 Å². The van der Waals surface area contributed by atoms with E-state index < -0.39 is 0 Å². The van der Waals surface area contributed by atoms with Gasteiger partial charge < -0.3 is 11.5 Å². The van der Waals surface area contributed by atoms with Gasteiger partial charge in [0.2, 0.25) is 0 Å². The molecule has 0 fully saturated rings. The minimum atomic E-state index is 0.729. The molecule has 0 bridgehead atoms. The van der Waals surface area contributed by atoms with Crippen molar-refractivity contribution in [1.29, 1.82) is 0 Å². The molecule has 0 spiro atoms. The Morgan fingerprint density at radius 2 is 1.40 bits per heavy atom. The minimum Gasteiger partial charge on any atom is -0.330 e. The number of nitrogens with two attached hydrogens (primary N) is 2. The molecule has 0 aromatic heterocycles. The maximum absolute atomic E-state index is 5.37. The van der Waals surface area contributed by atoms with Gasteiger partial charge in [-0.2, -0.15) is 0 Å². The van der Waals surface area contributed by atoms with Gasteiger partial charge in [0.25, 0.3) is 0 Å². The van der Waals surface area contributed by atoms with Crippen LogP contribution in [0.2, 0.25) is 0 Å². The molecule has 0 amide bonds. The molecule has 0 aromatic carbocycles. The summed E-state index contributed by atoms with van der Waals surface area (Å²) in [6.07, 6.45) is 4.72. The molecule has 0 heterocycles. The van der Waals surface area contributed by atoms with Crippen molar-refractivity contribution in [2.75, 3.05) is 13.1 Å².